The highest BCUT2D eigenvalue weighted by molar-refractivity contribution is 5.77. The van der Waals surface area contributed by atoms with Gasteiger partial charge in [0.1, 0.15) is 5.75 Å². The van der Waals surface area contributed by atoms with Crippen LogP contribution in [0, 0.1) is 6.92 Å². The maximum absolute atomic E-state index is 11.7. The number of carbonyl (C=O) groups is 1. The molecule has 0 atom stereocenters. The van der Waals surface area contributed by atoms with E-state index >= 15 is 0 Å². The minimum Gasteiger partial charge on any atom is -0.484 e. The number of anilines is 1. The number of amides is 1. The van der Waals surface area contributed by atoms with Crippen molar-refractivity contribution in [3.63, 3.8) is 0 Å². The Hall–Kier alpha value is -2.49. The molecule has 0 radical (unpaired) electrons. The van der Waals surface area contributed by atoms with Gasteiger partial charge in [0.15, 0.2) is 6.61 Å². The number of hydrogen-bond donors (Lipinski definition) is 2. The average Bonchev–Trinajstić information content (AvgIpc) is 2.45. The summed E-state index contributed by atoms with van der Waals surface area (Å²) in [4.78, 5) is 11.7. The predicted molar refractivity (Wildman–Crippen MR) is 79.4 cm³/mol. The highest BCUT2D eigenvalue weighted by atomic mass is 16.5. The van der Waals surface area contributed by atoms with Crippen LogP contribution in [0.3, 0.4) is 0 Å². The number of hydrogen-bond acceptors (Lipinski definition) is 3. The lowest BCUT2D eigenvalue weighted by Gasteiger charge is -2.08. The second kappa shape index (κ2) is 6.61. The fourth-order valence-electron chi connectivity index (χ4n) is 1.71. The van der Waals surface area contributed by atoms with Crippen LogP contribution in [0.2, 0.25) is 0 Å². The molecule has 2 rings (SSSR count). The fraction of sp³-hybridized carbons (Fsp3) is 0.188. The molecule has 4 heteroatoms. The van der Waals surface area contributed by atoms with Gasteiger partial charge in [-0.1, -0.05) is 35.9 Å². The molecule has 0 aliphatic heterocycles. The van der Waals surface area contributed by atoms with Crippen molar-refractivity contribution in [1.82, 2.24) is 5.32 Å². The lowest BCUT2D eigenvalue weighted by molar-refractivity contribution is -0.123. The van der Waals surface area contributed by atoms with Gasteiger partial charge >= 0.3 is 0 Å². The normalized spacial score (nSPS) is 10.1. The highest BCUT2D eigenvalue weighted by Crippen LogP contribution is 2.14. The van der Waals surface area contributed by atoms with E-state index in [1.165, 1.54) is 5.56 Å². The SMILES string of the molecule is Cc1ccc(CNC(=O)COc2cccc(N)c2)cc1. The minimum absolute atomic E-state index is 0.0185. The highest BCUT2D eigenvalue weighted by Gasteiger charge is 2.03. The van der Waals surface area contributed by atoms with Gasteiger partial charge in [-0.15, -0.1) is 0 Å². The van der Waals surface area contributed by atoms with Crippen molar-refractivity contribution in [3.8, 4) is 5.75 Å². The van der Waals surface area contributed by atoms with Gasteiger partial charge in [0.2, 0.25) is 0 Å². The summed E-state index contributed by atoms with van der Waals surface area (Å²) >= 11 is 0. The molecule has 2 aromatic rings. The largest absolute Gasteiger partial charge is 0.484 e. The van der Waals surface area contributed by atoms with E-state index in [2.05, 4.69) is 5.32 Å². The predicted octanol–water partition coefficient (Wildman–Crippen LogP) is 2.27. The molecule has 0 bridgehead atoms. The topological polar surface area (TPSA) is 64.3 Å². The molecule has 104 valence electrons. The van der Waals surface area contributed by atoms with Gasteiger partial charge in [-0.25, -0.2) is 0 Å². The zero-order valence-corrected chi connectivity index (χ0v) is 11.4. The third-order valence-electron chi connectivity index (χ3n) is 2.84. The smallest absolute Gasteiger partial charge is 0.258 e. The molecule has 0 saturated carbocycles. The van der Waals surface area contributed by atoms with E-state index in [1.54, 1.807) is 24.3 Å². The summed E-state index contributed by atoms with van der Waals surface area (Å²) in [7, 11) is 0. The summed E-state index contributed by atoms with van der Waals surface area (Å²) in [5.41, 5.74) is 8.51. The van der Waals surface area contributed by atoms with E-state index in [4.69, 9.17) is 10.5 Å². The van der Waals surface area contributed by atoms with E-state index in [0.29, 0.717) is 18.0 Å². The molecule has 2 aromatic carbocycles. The molecule has 1 amide bonds. The summed E-state index contributed by atoms with van der Waals surface area (Å²) in [5.74, 6) is 0.434. The van der Waals surface area contributed by atoms with E-state index < -0.39 is 0 Å². The van der Waals surface area contributed by atoms with Gasteiger partial charge in [-0.05, 0) is 24.6 Å². The molecule has 0 aliphatic rings. The van der Waals surface area contributed by atoms with Crippen molar-refractivity contribution in [1.29, 1.82) is 0 Å². The zero-order valence-electron chi connectivity index (χ0n) is 11.4. The first-order valence-electron chi connectivity index (χ1n) is 6.44. The molecule has 0 spiro atoms. The Morgan fingerprint density at radius 1 is 1.20 bits per heavy atom. The number of benzene rings is 2. The van der Waals surface area contributed by atoms with Gasteiger partial charge < -0.3 is 15.8 Å². The van der Waals surface area contributed by atoms with Crippen LogP contribution in [-0.4, -0.2) is 12.5 Å². The summed E-state index contributed by atoms with van der Waals surface area (Å²) in [6.45, 7) is 2.51. The van der Waals surface area contributed by atoms with Gasteiger partial charge in [0, 0.05) is 18.3 Å². The second-order valence-electron chi connectivity index (χ2n) is 4.62. The summed E-state index contributed by atoms with van der Waals surface area (Å²) in [6, 6.07) is 15.0. The monoisotopic (exact) mass is 270 g/mol. The Morgan fingerprint density at radius 3 is 2.65 bits per heavy atom. The maximum atomic E-state index is 11.7. The van der Waals surface area contributed by atoms with E-state index in [9.17, 15) is 4.79 Å². The van der Waals surface area contributed by atoms with Crippen LogP contribution in [0.25, 0.3) is 0 Å². The summed E-state index contributed by atoms with van der Waals surface area (Å²) in [6.07, 6.45) is 0. The first-order chi connectivity index (χ1) is 9.63. The number of rotatable bonds is 5. The Morgan fingerprint density at radius 2 is 1.95 bits per heavy atom. The summed E-state index contributed by atoms with van der Waals surface area (Å²) < 4.78 is 5.36. The lowest BCUT2D eigenvalue weighted by Crippen LogP contribution is -2.28. The second-order valence-corrected chi connectivity index (χ2v) is 4.62. The molecule has 0 heterocycles. The molecule has 4 nitrogen and oxygen atoms in total. The van der Waals surface area contributed by atoms with Gasteiger partial charge in [0.05, 0.1) is 0 Å². The molecule has 0 saturated heterocycles. The van der Waals surface area contributed by atoms with Crippen LogP contribution < -0.4 is 15.8 Å². The number of carbonyl (C=O) groups excluding carboxylic acids is 1. The standard InChI is InChI=1S/C16H18N2O2/c1-12-5-7-13(8-6-12)10-18-16(19)11-20-15-4-2-3-14(17)9-15/h2-9H,10-11,17H2,1H3,(H,18,19). The van der Waals surface area contributed by atoms with Crippen LogP contribution in [0.1, 0.15) is 11.1 Å². The van der Waals surface area contributed by atoms with Crippen molar-refractivity contribution >= 4 is 11.6 Å². The van der Waals surface area contributed by atoms with Crippen molar-refractivity contribution in [3.05, 3.63) is 59.7 Å². The molecule has 20 heavy (non-hydrogen) atoms. The zero-order chi connectivity index (χ0) is 14.4. The third kappa shape index (κ3) is 4.31. The number of nitrogens with one attached hydrogen (secondary N) is 1. The Bertz CT molecular complexity index is 579. The molecular weight excluding hydrogens is 252 g/mol. The lowest BCUT2D eigenvalue weighted by atomic mass is 10.1. The number of ether oxygens (including phenoxy) is 1. The van der Waals surface area contributed by atoms with Crippen molar-refractivity contribution in [2.75, 3.05) is 12.3 Å². The third-order valence-corrected chi connectivity index (χ3v) is 2.84. The molecular formula is C16H18N2O2. The van der Waals surface area contributed by atoms with Crippen LogP contribution in [-0.2, 0) is 11.3 Å². The maximum Gasteiger partial charge on any atom is 0.258 e. The van der Waals surface area contributed by atoms with Crippen LogP contribution in [0.15, 0.2) is 48.5 Å². The number of aryl methyl sites for hydroxylation is 1. The minimum atomic E-state index is -0.159. The van der Waals surface area contributed by atoms with E-state index in [0.717, 1.165) is 5.56 Å². The van der Waals surface area contributed by atoms with Gasteiger partial charge in [-0.3, -0.25) is 4.79 Å². The quantitative estimate of drug-likeness (QED) is 0.819. The Labute approximate surface area is 118 Å². The van der Waals surface area contributed by atoms with E-state index in [-0.39, 0.29) is 12.5 Å². The fourth-order valence-corrected chi connectivity index (χ4v) is 1.71. The van der Waals surface area contributed by atoms with Crippen LogP contribution in [0.4, 0.5) is 5.69 Å². The molecule has 3 N–H and O–H groups in total. The molecule has 0 fully saturated rings. The Balaban J connectivity index is 1.77. The van der Waals surface area contributed by atoms with Crippen molar-refractivity contribution in [2.45, 2.75) is 13.5 Å². The van der Waals surface area contributed by atoms with E-state index in [1.807, 2.05) is 31.2 Å². The van der Waals surface area contributed by atoms with Crippen LogP contribution >= 0.6 is 0 Å². The Kier molecular flexibility index (Phi) is 4.60. The van der Waals surface area contributed by atoms with Crippen molar-refractivity contribution in [2.24, 2.45) is 0 Å². The van der Waals surface area contributed by atoms with Gasteiger partial charge in [-0.2, -0.15) is 0 Å². The number of nitrogens with two attached hydrogens (primary N) is 1. The van der Waals surface area contributed by atoms with Gasteiger partial charge in [0.25, 0.3) is 5.91 Å². The first-order valence-corrected chi connectivity index (χ1v) is 6.44. The summed E-state index contributed by atoms with van der Waals surface area (Å²) in [5, 5.41) is 2.81. The molecule has 0 aliphatic carbocycles. The number of nitrogen functional groups attached to an aromatic ring is 1. The first kappa shape index (κ1) is 13.9. The molecule has 0 aromatic heterocycles. The van der Waals surface area contributed by atoms with Crippen LogP contribution in [0.5, 0.6) is 5.75 Å². The average molecular weight is 270 g/mol. The van der Waals surface area contributed by atoms with Crippen molar-refractivity contribution < 1.29 is 9.53 Å². The molecule has 0 unspecified atom stereocenters.